The number of halogens is 5. The van der Waals surface area contributed by atoms with Gasteiger partial charge in [-0.3, -0.25) is 9.48 Å². The lowest BCUT2D eigenvalue weighted by molar-refractivity contribution is -0.142. The Hall–Kier alpha value is -1.54. The molecule has 0 aliphatic carbocycles. The van der Waals surface area contributed by atoms with Crippen molar-refractivity contribution in [2.45, 2.75) is 13.1 Å². The SMILES string of the molecule is Cc1c(Cl)cccc1NC(=O)c1c(Br)c(C(F)(F)F)nn1C. The van der Waals surface area contributed by atoms with Crippen LogP contribution in [0.4, 0.5) is 18.9 Å². The molecule has 1 N–H and O–H groups in total. The van der Waals surface area contributed by atoms with Crippen molar-refractivity contribution in [3.05, 3.63) is 44.6 Å². The number of hydrogen-bond donors (Lipinski definition) is 1. The number of rotatable bonds is 2. The van der Waals surface area contributed by atoms with Crippen LogP contribution in [0.15, 0.2) is 22.7 Å². The Labute approximate surface area is 137 Å². The fourth-order valence-corrected chi connectivity index (χ4v) is 2.77. The van der Waals surface area contributed by atoms with Crippen molar-refractivity contribution < 1.29 is 18.0 Å². The molecule has 1 aromatic carbocycles. The number of carbonyl (C=O) groups excluding carboxylic acids is 1. The van der Waals surface area contributed by atoms with Gasteiger partial charge in [-0.1, -0.05) is 17.7 Å². The van der Waals surface area contributed by atoms with Crippen molar-refractivity contribution >= 4 is 39.1 Å². The van der Waals surface area contributed by atoms with E-state index in [0.29, 0.717) is 16.3 Å². The van der Waals surface area contributed by atoms with E-state index in [2.05, 4.69) is 26.3 Å². The molecular weight excluding hydrogens is 387 g/mol. The van der Waals surface area contributed by atoms with Crippen LogP contribution in [0.3, 0.4) is 0 Å². The molecule has 0 bridgehead atoms. The number of benzene rings is 1. The predicted molar refractivity (Wildman–Crippen MR) is 80.1 cm³/mol. The standard InChI is InChI=1S/C13H10BrClF3N3O/c1-6-7(15)4-3-5-8(6)19-12(22)10-9(14)11(13(16,17)18)20-21(10)2/h3-5H,1-2H3,(H,19,22). The minimum Gasteiger partial charge on any atom is -0.320 e. The summed E-state index contributed by atoms with van der Waals surface area (Å²) in [4.78, 5) is 12.2. The van der Waals surface area contributed by atoms with Gasteiger partial charge in [0.15, 0.2) is 5.69 Å². The van der Waals surface area contributed by atoms with E-state index < -0.39 is 22.3 Å². The van der Waals surface area contributed by atoms with Crippen molar-refractivity contribution in [2.75, 3.05) is 5.32 Å². The molecule has 0 radical (unpaired) electrons. The van der Waals surface area contributed by atoms with Gasteiger partial charge in [0.2, 0.25) is 0 Å². The van der Waals surface area contributed by atoms with Crippen LogP contribution in [0.25, 0.3) is 0 Å². The van der Waals surface area contributed by atoms with Crippen LogP contribution in [0.5, 0.6) is 0 Å². The number of nitrogens with one attached hydrogen (secondary N) is 1. The first kappa shape index (κ1) is 16.8. The zero-order valence-corrected chi connectivity index (χ0v) is 13.8. The summed E-state index contributed by atoms with van der Waals surface area (Å²) in [6.45, 7) is 1.69. The van der Waals surface area contributed by atoms with Crippen molar-refractivity contribution in [2.24, 2.45) is 7.05 Å². The third-order valence-corrected chi connectivity index (χ3v) is 4.15. The molecule has 1 heterocycles. The number of hydrogen-bond acceptors (Lipinski definition) is 2. The molecule has 0 aliphatic rings. The first-order valence-corrected chi connectivity index (χ1v) is 7.16. The second kappa shape index (κ2) is 5.92. The minimum atomic E-state index is -4.65. The molecule has 118 valence electrons. The van der Waals surface area contributed by atoms with Crippen molar-refractivity contribution in [3.8, 4) is 0 Å². The average molecular weight is 397 g/mol. The van der Waals surface area contributed by atoms with Gasteiger partial charge in [-0.2, -0.15) is 18.3 Å². The van der Waals surface area contributed by atoms with Gasteiger partial charge in [-0.15, -0.1) is 0 Å². The molecule has 1 amide bonds. The number of carbonyl (C=O) groups is 1. The Morgan fingerprint density at radius 1 is 1.41 bits per heavy atom. The summed E-state index contributed by atoms with van der Waals surface area (Å²) in [7, 11) is 1.26. The van der Waals surface area contributed by atoms with E-state index in [1.54, 1.807) is 25.1 Å². The van der Waals surface area contributed by atoms with E-state index in [1.165, 1.54) is 7.05 Å². The van der Waals surface area contributed by atoms with Gasteiger partial charge in [-0.25, -0.2) is 0 Å². The number of alkyl halides is 3. The van der Waals surface area contributed by atoms with E-state index >= 15 is 0 Å². The van der Waals surface area contributed by atoms with Gasteiger partial charge in [0, 0.05) is 17.8 Å². The van der Waals surface area contributed by atoms with Gasteiger partial charge in [-0.05, 0) is 40.5 Å². The van der Waals surface area contributed by atoms with Crippen LogP contribution in [-0.2, 0) is 13.2 Å². The molecule has 0 saturated heterocycles. The van der Waals surface area contributed by atoms with E-state index in [1.807, 2.05) is 0 Å². The van der Waals surface area contributed by atoms with Crippen LogP contribution >= 0.6 is 27.5 Å². The highest BCUT2D eigenvalue weighted by molar-refractivity contribution is 9.10. The van der Waals surface area contributed by atoms with Crippen LogP contribution in [0.2, 0.25) is 5.02 Å². The maximum atomic E-state index is 12.8. The third-order valence-electron chi connectivity index (χ3n) is 2.99. The Kier molecular flexibility index (Phi) is 4.53. The van der Waals surface area contributed by atoms with Crippen molar-refractivity contribution in [1.29, 1.82) is 0 Å². The summed E-state index contributed by atoms with van der Waals surface area (Å²) in [5.41, 5.74) is -0.347. The lowest BCUT2D eigenvalue weighted by Gasteiger charge is -2.10. The summed E-state index contributed by atoms with van der Waals surface area (Å²) in [6, 6.07) is 4.88. The molecule has 2 rings (SSSR count). The fraction of sp³-hybridized carbons (Fsp3) is 0.231. The smallest absolute Gasteiger partial charge is 0.320 e. The second-order valence-corrected chi connectivity index (χ2v) is 5.70. The predicted octanol–water partition coefficient (Wildman–Crippen LogP) is 4.42. The molecule has 0 saturated carbocycles. The van der Waals surface area contributed by atoms with E-state index in [9.17, 15) is 18.0 Å². The van der Waals surface area contributed by atoms with E-state index in [0.717, 1.165) is 4.68 Å². The first-order valence-electron chi connectivity index (χ1n) is 5.99. The first-order chi connectivity index (χ1) is 10.1. The number of anilines is 1. The zero-order chi connectivity index (χ0) is 16.7. The van der Waals surface area contributed by atoms with Crippen LogP contribution in [-0.4, -0.2) is 15.7 Å². The van der Waals surface area contributed by atoms with Crippen molar-refractivity contribution in [1.82, 2.24) is 9.78 Å². The third kappa shape index (κ3) is 3.12. The molecule has 0 fully saturated rings. The molecule has 9 heteroatoms. The largest absolute Gasteiger partial charge is 0.436 e. The Bertz CT molecular complexity index is 743. The average Bonchev–Trinajstić information content (AvgIpc) is 2.70. The second-order valence-electron chi connectivity index (χ2n) is 4.50. The summed E-state index contributed by atoms with van der Waals surface area (Å²) >= 11 is 8.74. The van der Waals surface area contributed by atoms with Crippen molar-refractivity contribution in [3.63, 3.8) is 0 Å². The molecule has 22 heavy (non-hydrogen) atoms. The topological polar surface area (TPSA) is 46.9 Å². The quantitative estimate of drug-likeness (QED) is 0.817. The van der Waals surface area contributed by atoms with Gasteiger partial charge < -0.3 is 5.32 Å². The highest BCUT2D eigenvalue weighted by Gasteiger charge is 2.39. The molecule has 4 nitrogen and oxygen atoms in total. The number of aromatic nitrogens is 2. The number of nitrogens with zero attached hydrogens (tertiary/aromatic N) is 2. The van der Waals surface area contributed by atoms with Crippen LogP contribution < -0.4 is 5.32 Å². The maximum absolute atomic E-state index is 12.8. The summed E-state index contributed by atoms with van der Waals surface area (Å²) < 4.78 is 38.9. The monoisotopic (exact) mass is 395 g/mol. The Morgan fingerprint density at radius 3 is 2.59 bits per heavy atom. The molecule has 1 aromatic heterocycles. The lowest BCUT2D eigenvalue weighted by atomic mass is 10.2. The number of aryl methyl sites for hydroxylation is 1. The molecule has 0 unspecified atom stereocenters. The maximum Gasteiger partial charge on any atom is 0.436 e. The highest BCUT2D eigenvalue weighted by Crippen LogP contribution is 2.36. The van der Waals surface area contributed by atoms with Gasteiger partial charge in [0.1, 0.15) is 5.69 Å². The molecule has 2 aromatic rings. The molecule has 0 aliphatic heterocycles. The molecular formula is C13H10BrClF3N3O. The van der Waals surface area contributed by atoms with E-state index in [4.69, 9.17) is 11.6 Å². The lowest BCUT2D eigenvalue weighted by Crippen LogP contribution is -2.17. The molecule has 0 atom stereocenters. The Morgan fingerprint density at radius 2 is 2.05 bits per heavy atom. The highest BCUT2D eigenvalue weighted by atomic mass is 79.9. The summed E-state index contributed by atoms with van der Waals surface area (Å²) in [5.74, 6) is -0.720. The zero-order valence-electron chi connectivity index (χ0n) is 11.4. The van der Waals surface area contributed by atoms with Gasteiger partial charge in [0.05, 0.1) is 4.47 Å². The van der Waals surface area contributed by atoms with Gasteiger partial charge >= 0.3 is 6.18 Å². The van der Waals surface area contributed by atoms with E-state index in [-0.39, 0.29) is 5.69 Å². The molecule has 0 spiro atoms. The summed E-state index contributed by atoms with van der Waals surface area (Å²) in [6.07, 6.45) is -4.65. The minimum absolute atomic E-state index is 0.230. The van der Waals surface area contributed by atoms with Gasteiger partial charge in [0.25, 0.3) is 5.91 Å². The Balaban J connectivity index is 2.39. The fourth-order valence-electron chi connectivity index (χ4n) is 1.85. The summed E-state index contributed by atoms with van der Waals surface area (Å²) in [5, 5.41) is 6.32. The van der Waals surface area contributed by atoms with Crippen LogP contribution in [0.1, 0.15) is 21.7 Å². The number of amides is 1. The normalized spacial score (nSPS) is 11.6. The van der Waals surface area contributed by atoms with Crippen LogP contribution in [0, 0.1) is 6.92 Å².